The molecule has 1 heterocycles. The molecule has 1 aromatic rings. The first-order chi connectivity index (χ1) is 10.8. The number of hydrogen-bond acceptors (Lipinski definition) is 5. The van der Waals surface area contributed by atoms with Crippen LogP contribution in [0.5, 0.6) is 0 Å². The van der Waals surface area contributed by atoms with Crippen molar-refractivity contribution in [1.29, 1.82) is 0 Å². The fraction of sp³-hybridized carbons (Fsp3) is 0.562. The molecule has 0 aromatic heterocycles. The molecule has 0 aliphatic carbocycles. The number of carbonyl (C=O) groups is 1. The molecule has 1 aliphatic rings. The topological polar surface area (TPSA) is 81.7 Å². The van der Waals surface area contributed by atoms with Crippen molar-refractivity contribution in [3.05, 3.63) is 29.3 Å². The molecular formula is C16H23NO5S. The SMILES string of the molecule is Cc1ccc(S(=O)(=O)NC(=O)[C@@H](C)OC[C@H]2CCCO2)c(C)c1. The maximum absolute atomic E-state index is 12.3. The summed E-state index contributed by atoms with van der Waals surface area (Å²) in [5, 5.41) is 0. The van der Waals surface area contributed by atoms with Gasteiger partial charge in [-0.3, -0.25) is 4.79 Å². The highest BCUT2D eigenvalue weighted by Gasteiger charge is 2.25. The predicted octanol–water partition coefficient (Wildman–Crippen LogP) is 1.69. The zero-order valence-corrected chi connectivity index (χ0v) is 14.5. The first-order valence-corrected chi connectivity index (χ1v) is 9.15. The van der Waals surface area contributed by atoms with Gasteiger partial charge in [-0.2, -0.15) is 0 Å². The van der Waals surface area contributed by atoms with Gasteiger partial charge in [-0.05, 0) is 45.2 Å². The standard InChI is InChI=1S/C16H23NO5S/c1-11-6-7-15(12(2)9-11)23(19,20)17-16(18)13(3)22-10-14-5-4-8-21-14/h6-7,9,13-14H,4-5,8,10H2,1-3H3,(H,17,18)/t13-,14-/m1/s1. The Hall–Kier alpha value is -1.44. The van der Waals surface area contributed by atoms with Gasteiger partial charge in [0.2, 0.25) is 0 Å². The van der Waals surface area contributed by atoms with E-state index in [9.17, 15) is 13.2 Å². The first-order valence-electron chi connectivity index (χ1n) is 7.67. The summed E-state index contributed by atoms with van der Waals surface area (Å²) in [6.45, 7) is 6.10. The number of carbonyl (C=O) groups excluding carboxylic acids is 1. The van der Waals surface area contributed by atoms with Crippen LogP contribution in [0.25, 0.3) is 0 Å². The molecule has 0 saturated carbocycles. The van der Waals surface area contributed by atoms with Crippen molar-refractivity contribution in [2.24, 2.45) is 0 Å². The molecule has 1 aliphatic heterocycles. The fourth-order valence-corrected chi connectivity index (χ4v) is 3.75. The molecule has 0 bridgehead atoms. The lowest BCUT2D eigenvalue weighted by Gasteiger charge is -2.16. The Kier molecular flexibility index (Phi) is 5.78. The molecule has 7 heteroatoms. The molecule has 1 aromatic carbocycles. The molecule has 0 spiro atoms. The Bertz CT molecular complexity index is 665. The number of amides is 1. The quantitative estimate of drug-likeness (QED) is 0.851. The third kappa shape index (κ3) is 4.76. The van der Waals surface area contributed by atoms with Crippen LogP contribution in [0.2, 0.25) is 0 Å². The molecule has 6 nitrogen and oxygen atoms in total. The van der Waals surface area contributed by atoms with Crippen LogP contribution in [-0.2, 0) is 24.3 Å². The van der Waals surface area contributed by atoms with Gasteiger partial charge in [0.25, 0.3) is 15.9 Å². The summed E-state index contributed by atoms with van der Waals surface area (Å²) in [5.74, 6) is -0.678. The lowest BCUT2D eigenvalue weighted by molar-refractivity contribution is -0.131. The molecule has 23 heavy (non-hydrogen) atoms. The zero-order chi connectivity index (χ0) is 17.0. The largest absolute Gasteiger partial charge is 0.376 e. The number of benzene rings is 1. The van der Waals surface area contributed by atoms with Crippen LogP contribution >= 0.6 is 0 Å². The van der Waals surface area contributed by atoms with Crippen molar-refractivity contribution in [3.8, 4) is 0 Å². The predicted molar refractivity (Wildman–Crippen MR) is 85.6 cm³/mol. The van der Waals surface area contributed by atoms with E-state index in [1.807, 2.05) is 6.92 Å². The van der Waals surface area contributed by atoms with Gasteiger partial charge in [0.1, 0.15) is 6.10 Å². The minimum atomic E-state index is -3.90. The maximum Gasteiger partial charge on any atom is 0.264 e. The lowest BCUT2D eigenvalue weighted by Crippen LogP contribution is -2.39. The second-order valence-corrected chi connectivity index (χ2v) is 7.50. The molecule has 1 fully saturated rings. The number of nitrogens with one attached hydrogen (secondary N) is 1. The van der Waals surface area contributed by atoms with E-state index < -0.39 is 22.0 Å². The van der Waals surface area contributed by atoms with Crippen LogP contribution in [-0.4, -0.2) is 39.7 Å². The van der Waals surface area contributed by atoms with Crippen LogP contribution in [0.3, 0.4) is 0 Å². The summed E-state index contributed by atoms with van der Waals surface area (Å²) >= 11 is 0. The summed E-state index contributed by atoms with van der Waals surface area (Å²) in [7, 11) is -3.90. The number of rotatable bonds is 6. The average Bonchev–Trinajstić information content (AvgIpc) is 2.96. The molecule has 2 rings (SSSR count). The Morgan fingerprint density at radius 2 is 2.17 bits per heavy atom. The third-order valence-corrected chi connectivity index (χ3v) is 5.29. The van der Waals surface area contributed by atoms with Crippen LogP contribution < -0.4 is 4.72 Å². The molecule has 2 atom stereocenters. The second-order valence-electron chi connectivity index (χ2n) is 5.85. The van der Waals surface area contributed by atoms with Gasteiger partial charge in [-0.1, -0.05) is 17.7 Å². The third-order valence-electron chi connectivity index (χ3n) is 3.78. The molecule has 1 N–H and O–H groups in total. The van der Waals surface area contributed by atoms with E-state index in [-0.39, 0.29) is 17.6 Å². The van der Waals surface area contributed by atoms with Crippen LogP contribution in [0, 0.1) is 13.8 Å². The molecule has 128 valence electrons. The van der Waals surface area contributed by atoms with Gasteiger partial charge >= 0.3 is 0 Å². The monoisotopic (exact) mass is 341 g/mol. The van der Waals surface area contributed by atoms with Crippen molar-refractivity contribution in [1.82, 2.24) is 4.72 Å². The highest BCUT2D eigenvalue weighted by atomic mass is 32.2. The second kappa shape index (κ2) is 7.42. The van der Waals surface area contributed by atoms with E-state index in [0.717, 1.165) is 18.4 Å². The van der Waals surface area contributed by atoms with E-state index in [0.29, 0.717) is 12.2 Å². The van der Waals surface area contributed by atoms with E-state index in [4.69, 9.17) is 9.47 Å². The molecule has 1 amide bonds. The number of aryl methyl sites for hydroxylation is 2. The summed E-state index contributed by atoms with van der Waals surface area (Å²) in [6.07, 6.45) is 1.01. The Labute approximate surface area is 137 Å². The lowest BCUT2D eigenvalue weighted by atomic mass is 10.2. The Balaban J connectivity index is 1.97. The van der Waals surface area contributed by atoms with E-state index in [2.05, 4.69) is 4.72 Å². The molecule has 0 radical (unpaired) electrons. The highest BCUT2D eigenvalue weighted by molar-refractivity contribution is 7.90. The first kappa shape index (κ1) is 17.9. The van der Waals surface area contributed by atoms with Crippen molar-refractivity contribution < 1.29 is 22.7 Å². The molecule has 1 saturated heterocycles. The van der Waals surface area contributed by atoms with Crippen molar-refractivity contribution in [2.75, 3.05) is 13.2 Å². The van der Waals surface area contributed by atoms with Crippen LogP contribution in [0.15, 0.2) is 23.1 Å². The number of hydrogen-bond donors (Lipinski definition) is 1. The van der Waals surface area contributed by atoms with Crippen LogP contribution in [0.1, 0.15) is 30.9 Å². The summed E-state index contributed by atoms with van der Waals surface area (Å²) in [4.78, 5) is 12.2. The van der Waals surface area contributed by atoms with Gasteiger partial charge < -0.3 is 9.47 Å². The number of ether oxygens (including phenoxy) is 2. The van der Waals surface area contributed by atoms with Crippen LogP contribution in [0.4, 0.5) is 0 Å². The van der Waals surface area contributed by atoms with Gasteiger partial charge in [-0.25, -0.2) is 13.1 Å². The highest BCUT2D eigenvalue weighted by Crippen LogP contribution is 2.17. The fourth-order valence-electron chi connectivity index (χ4n) is 2.47. The van der Waals surface area contributed by atoms with Gasteiger partial charge in [0.05, 0.1) is 17.6 Å². The van der Waals surface area contributed by atoms with Crippen molar-refractivity contribution in [2.45, 2.75) is 50.7 Å². The van der Waals surface area contributed by atoms with Gasteiger partial charge in [-0.15, -0.1) is 0 Å². The van der Waals surface area contributed by atoms with Gasteiger partial charge in [0.15, 0.2) is 0 Å². The Morgan fingerprint density at radius 1 is 1.43 bits per heavy atom. The summed E-state index contributed by atoms with van der Waals surface area (Å²) < 4.78 is 37.6. The maximum atomic E-state index is 12.3. The minimum Gasteiger partial charge on any atom is -0.376 e. The molecular weight excluding hydrogens is 318 g/mol. The normalized spacial score (nSPS) is 19.5. The van der Waals surface area contributed by atoms with Gasteiger partial charge in [0, 0.05) is 6.61 Å². The average molecular weight is 341 g/mol. The summed E-state index contributed by atoms with van der Waals surface area (Å²) in [6, 6.07) is 4.96. The van der Waals surface area contributed by atoms with E-state index in [1.165, 1.54) is 13.0 Å². The van der Waals surface area contributed by atoms with E-state index >= 15 is 0 Å². The Morgan fingerprint density at radius 3 is 2.78 bits per heavy atom. The zero-order valence-electron chi connectivity index (χ0n) is 13.7. The number of sulfonamides is 1. The van der Waals surface area contributed by atoms with Crippen molar-refractivity contribution >= 4 is 15.9 Å². The minimum absolute atomic E-state index is 0.0128. The van der Waals surface area contributed by atoms with Crippen molar-refractivity contribution in [3.63, 3.8) is 0 Å². The smallest absolute Gasteiger partial charge is 0.264 e. The summed E-state index contributed by atoms with van der Waals surface area (Å²) in [5.41, 5.74) is 1.55. The molecule has 0 unspecified atom stereocenters. The van der Waals surface area contributed by atoms with E-state index in [1.54, 1.807) is 19.1 Å².